The van der Waals surface area contributed by atoms with Gasteiger partial charge in [0.1, 0.15) is 0 Å². The maximum absolute atomic E-state index is 11.9. The summed E-state index contributed by atoms with van der Waals surface area (Å²) in [7, 11) is 0. The molecule has 3 rings (SSSR count). The molecule has 2 nitrogen and oxygen atoms in total. The Morgan fingerprint density at radius 3 is 2.90 bits per heavy atom. The zero-order valence-electron chi connectivity index (χ0n) is 11.6. The molecular weight excluding hydrogens is 302 g/mol. The molecule has 0 aliphatic carbocycles. The molecule has 1 aliphatic rings. The van der Waals surface area contributed by atoms with E-state index in [1.54, 1.807) is 4.90 Å². The van der Waals surface area contributed by atoms with E-state index in [0.717, 1.165) is 9.21 Å². The van der Waals surface area contributed by atoms with Crippen LogP contribution < -0.4 is 0 Å². The molecule has 106 valence electrons. The lowest BCUT2D eigenvalue weighted by Crippen LogP contribution is -2.37. The molecule has 0 fully saturated rings. The standard InChI is InChI=1S/C17H14ClNOS/c1-3-17(20)19-9-14(12-7-5-4-6-11(12)2)13-8-16(18)21-15(13)10-19/h1,4-8,14H,9-10H2,2H3/t14-/m1/s1. The van der Waals surface area contributed by atoms with Crippen LogP contribution >= 0.6 is 22.9 Å². The van der Waals surface area contributed by atoms with Crippen LogP contribution in [0.25, 0.3) is 0 Å². The number of fused-ring (bicyclic) bond motifs is 1. The van der Waals surface area contributed by atoms with Gasteiger partial charge < -0.3 is 4.90 Å². The lowest BCUT2D eigenvalue weighted by molar-refractivity contribution is -0.126. The molecule has 4 heteroatoms. The smallest absolute Gasteiger partial charge is 0.298 e. The molecule has 0 bridgehead atoms. The van der Waals surface area contributed by atoms with Crippen LogP contribution in [0.5, 0.6) is 0 Å². The number of halogens is 1. The van der Waals surface area contributed by atoms with Crippen LogP contribution in [0.4, 0.5) is 0 Å². The van der Waals surface area contributed by atoms with Crippen LogP contribution in [0.3, 0.4) is 0 Å². The van der Waals surface area contributed by atoms with Gasteiger partial charge in [0.05, 0.1) is 10.9 Å². The molecule has 1 aromatic heterocycles. The molecule has 1 amide bonds. The van der Waals surface area contributed by atoms with Crippen molar-refractivity contribution < 1.29 is 4.79 Å². The Morgan fingerprint density at radius 2 is 2.19 bits per heavy atom. The first-order valence-electron chi connectivity index (χ1n) is 6.69. The summed E-state index contributed by atoms with van der Waals surface area (Å²) in [6.07, 6.45) is 5.28. The van der Waals surface area contributed by atoms with Crippen molar-refractivity contribution in [2.45, 2.75) is 19.4 Å². The fourth-order valence-electron chi connectivity index (χ4n) is 2.87. The van der Waals surface area contributed by atoms with Crippen LogP contribution in [0.1, 0.15) is 27.5 Å². The van der Waals surface area contributed by atoms with E-state index in [0.29, 0.717) is 13.1 Å². The number of benzene rings is 1. The highest BCUT2D eigenvalue weighted by molar-refractivity contribution is 7.16. The fraction of sp³-hybridized carbons (Fsp3) is 0.235. The number of aryl methyl sites for hydroxylation is 1. The van der Waals surface area contributed by atoms with Gasteiger partial charge in [0.15, 0.2) is 0 Å². The van der Waals surface area contributed by atoms with Gasteiger partial charge in [-0.1, -0.05) is 35.9 Å². The predicted molar refractivity (Wildman–Crippen MR) is 86.6 cm³/mol. The average Bonchev–Trinajstić information content (AvgIpc) is 2.86. The van der Waals surface area contributed by atoms with Crippen molar-refractivity contribution in [3.8, 4) is 12.3 Å². The van der Waals surface area contributed by atoms with Gasteiger partial charge in [-0.2, -0.15) is 0 Å². The van der Waals surface area contributed by atoms with Crippen molar-refractivity contribution in [3.63, 3.8) is 0 Å². The van der Waals surface area contributed by atoms with Crippen molar-refractivity contribution in [3.05, 3.63) is 56.2 Å². The Hall–Kier alpha value is -1.76. The summed E-state index contributed by atoms with van der Waals surface area (Å²) in [4.78, 5) is 14.8. The number of hydrogen-bond acceptors (Lipinski definition) is 2. The Bertz CT molecular complexity index is 743. The van der Waals surface area contributed by atoms with Crippen molar-refractivity contribution in [1.29, 1.82) is 0 Å². The number of amides is 1. The van der Waals surface area contributed by atoms with Gasteiger partial charge in [-0.25, -0.2) is 0 Å². The van der Waals surface area contributed by atoms with E-state index in [1.807, 2.05) is 18.2 Å². The number of nitrogens with zero attached hydrogens (tertiary/aromatic N) is 1. The van der Waals surface area contributed by atoms with Gasteiger partial charge in [0.2, 0.25) is 0 Å². The summed E-state index contributed by atoms with van der Waals surface area (Å²) in [6, 6.07) is 10.3. The largest absolute Gasteiger partial charge is 0.326 e. The van der Waals surface area contributed by atoms with E-state index in [9.17, 15) is 4.79 Å². The average molecular weight is 316 g/mol. The van der Waals surface area contributed by atoms with E-state index in [4.69, 9.17) is 18.0 Å². The van der Waals surface area contributed by atoms with E-state index in [2.05, 4.69) is 25.0 Å². The van der Waals surface area contributed by atoms with Crippen LogP contribution in [-0.4, -0.2) is 17.4 Å². The van der Waals surface area contributed by atoms with Crippen LogP contribution in [-0.2, 0) is 11.3 Å². The third-order valence-corrected chi connectivity index (χ3v) is 5.16. The SMILES string of the molecule is C#CC(=O)N1Cc2sc(Cl)cc2[C@@H](c2ccccc2C)C1. The number of rotatable bonds is 1. The maximum atomic E-state index is 11.9. The molecule has 21 heavy (non-hydrogen) atoms. The molecule has 2 aromatic rings. The van der Waals surface area contributed by atoms with Gasteiger partial charge in [-0.15, -0.1) is 17.8 Å². The first-order valence-corrected chi connectivity index (χ1v) is 7.88. The van der Waals surface area contributed by atoms with Gasteiger partial charge in [0, 0.05) is 17.3 Å². The molecule has 0 N–H and O–H groups in total. The van der Waals surface area contributed by atoms with Crippen LogP contribution in [0, 0.1) is 19.3 Å². The normalized spacial score (nSPS) is 17.2. The Morgan fingerprint density at radius 1 is 1.43 bits per heavy atom. The molecule has 1 aliphatic heterocycles. The second-order valence-corrected chi connectivity index (χ2v) is 6.94. The Balaban J connectivity index is 2.08. The predicted octanol–water partition coefficient (Wildman–Crippen LogP) is 3.82. The Labute approximate surface area is 133 Å². The van der Waals surface area contributed by atoms with E-state index >= 15 is 0 Å². The van der Waals surface area contributed by atoms with Gasteiger partial charge >= 0.3 is 0 Å². The van der Waals surface area contributed by atoms with Crippen molar-refractivity contribution in [2.24, 2.45) is 0 Å². The topological polar surface area (TPSA) is 20.3 Å². The summed E-state index contributed by atoms with van der Waals surface area (Å²) >= 11 is 7.71. The van der Waals surface area contributed by atoms with Crippen molar-refractivity contribution in [2.75, 3.05) is 6.54 Å². The lowest BCUT2D eigenvalue weighted by atomic mass is 9.86. The summed E-state index contributed by atoms with van der Waals surface area (Å²) in [5.74, 6) is 2.09. The maximum Gasteiger partial charge on any atom is 0.298 e. The number of carbonyl (C=O) groups is 1. The van der Waals surface area contributed by atoms with Crippen molar-refractivity contribution in [1.82, 2.24) is 4.90 Å². The van der Waals surface area contributed by atoms with Gasteiger partial charge in [-0.05, 0) is 35.6 Å². The minimum absolute atomic E-state index is 0.135. The van der Waals surface area contributed by atoms with E-state index in [1.165, 1.54) is 28.0 Å². The first kappa shape index (κ1) is 14.2. The molecule has 0 spiro atoms. The molecule has 2 heterocycles. The van der Waals surface area contributed by atoms with Gasteiger partial charge in [0.25, 0.3) is 5.91 Å². The highest BCUT2D eigenvalue weighted by atomic mass is 35.5. The molecule has 0 unspecified atom stereocenters. The summed E-state index contributed by atoms with van der Waals surface area (Å²) in [5.41, 5.74) is 3.66. The molecule has 0 saturated carbocycles. The van der Waals surface area contributed by atoms with Crippen molar-refractivity contribution >= 4 is 28.8 Å². The van der Waals surface area contributed by atoms with Gasteiger partial charge in [-0.3, -0.25) is 4.79 Å². The summed E-state index contributed by atoms with van der Waals surface area (Å²) in [6.45, 7) is 3.25. The zero-order valence-corrected chi connectivity index (χ0v) is 13.2. The summed E-state index contributed by atoms with van der Waals surface area (Å²) < 4.78 is 0.758. The number of terminal acetylenes is 1. The Kier molecular flexibility index (Phi) is 3.75. The molecule has 0 saturated heterocycles. The quantitative estimate of drug-likeness (QED) is 0.733. The fourth-order valence-corrected chi connectivity index (χ4v) is 4.23. The highest BCUT2D eigenvalue weighted by Gasteiger charge is 2.31. The zero-order chi connectivity index (χ0) is 15.0. The van der Waals surface area contributed by atoms with Crippen LogP contribution in [0.2, 0.25) is 4.34 Å². The highest BCUT2D eigenvalue weighted by Crippen LogP contribution is 2.40. The number of carbonyl (C=O) groups excluding carboxylic acids is 1. The third kappa shape index (κ3) is 2.57. The molecule has 1 aromatic carbocycles. The minimum Gasteiger partial charge on any atom is -0.326 e. The van der Waals surface area contributed by atoms with E-state index < -0.39 is 0 Å². The first-order chi connectivity index (χ1) is 10.1. The second kappa shape index (κ2) is 5.55. The van der Waals surface area contributed by atoms with Crippen LogP contribution in [0.15, 0.2) is 30.3 Å². The monoisotopic (exact) mass is 315 g/mol. The lowest BCUT2D eigenvalue weighted by Gasteiger charge is -2.32. The number of thiophene rings is 1. The third-order valence-electron chi connectivity index (χ3n) is 3.90. The van der Waals surface area contributed by atoms with E-state index in [-0.39, 0.29) is 11.8 Å². The summed E-state index contributed by atoms with van der Waals surface area (Å²) in [5, 5.41) is 0. The molecule has 1 atom stereocenters. The number of hydrogen-bond donors (Lipinski definition) is 0. The minimum atomic E-state index is -0.260. The second-order valence-electron chi connectivity index (χ2n) is 5.17. The molecule has 0 radical (unpaired) electrons. The molecular formula is C17H14ClNOS.